The molecule has 0 aliphatic rings. The summed E-state index contributed by atoms with van der Waals surface area (Å²) >= 11 is 0. The Morgan fingerprint density at radius 3 is 2.70 bits per heavy atom. The Labute approximate surface area is 157 Å². The molecule has 0 saturated heterocycles. The lowest BCUT2D eigenvalue weighted by molar-refractivity contribution is 0.0593. The number of likely N-dealkylation sites (N-methyl/N-ethyl adjacent to an activating group) is 1. The van der Waals surface area contributed by atoms with Crippen LogP contribution in [0.3, 0.4) is 0 Å². The molecule has 27 heavy (non-hydrogen) atoms. The maximum Gasteiger partial charge on any atom is 0.360 e. The fraction of sp³-hybridized carbons (Fsp3) is 0.368. The molecule has 142 valence electrons. The van der Waals surface area contributed by atoms with Crippen LogP contribution in [0.15, 0.2) is 41.1 Å². The van der Waals surface area contributed by atoms with Gasteiger partial charge < -0.3 is 9.15 Å². The topological polar surface area (TPSA) is 86.3 Å². The first-order chi connectivity index (χ1) is 13.1. The summed E-state index contributed by atoms with van der Waals surface area (Å²) in [6.45, 7) is 6.18. The Morgan fingerprint density at radius 1 is 1.26 bits per heavy atom. The highest BCUT2D eigenvalue weighted by molar-refractivity contribution is 5.88. The summed E-state index contributed by atoms with van der Waals surface area (Å²) in [5, 5.41) is 8.46. The van der Waals surface area contributed by atoms with Gasteiger partial charge in [-0.05, 0) is 25.1 Å². The summed E-state index contributed by atoms with van der Waals surface area (Å²) < 4.78 is 10.3. The number of rotatable bonds is 8. The standard InChI is InChI=1S/C19H23N5O3/c1-4-23(12-9-17-22-18(14(2)27-17)19(25)26-3)13-15-7-5-6-8-16(15)24-20-10-11-21-24/h5-8,10-11H,4,9,12-13H2,1-3H3. The van der Waals surface area contributed by atoms with Gasteiger partial charge in [0.05, 0.1) is 25.2 Å². The zero-order valence-electron chi connectivity index (χ0n) is 15.8. The van der Waals surface area contributed by atoms with Crippen molar-refractivity contribution in [2.45, 2.75) is 26.8 Å². The van der Waals surface area contributed by atoms with Crippen LogP contribution < -0.4 is 0 Å². The Kier molecular flexibility index (Phi) is 5.97. The van der Waals surface area contributed by atoms with Crippen LogP contribution in [0.4, 0.5) is 0 Å². The fourth-order valence-electron chi connectivity index (χ4n) is 2.87. The van der Waals surface area contributed by atoms with Crippen molar-refractivity contribution in [3.63, 3.8) is 0 Å². The Balaban J connectivity index is 1.68. The average Bonchev–Trinajstić information content (AvgIpc) is 3.34. The minimum Gasteiger partial charge on any atom is -0.464 e. The van der Waals surface area contributed by atoms with E-state index in [0.717, 1.165) is 30.9 Å². The quantitative estimate of drug-likeness (QED) is 0.564. The maximum absolute atomic E-state index is 11.7. The van der Waals surface area contributed by atoms with E-state index in [1.165, 1.54) is 7.11 Å². The number of methoxy groups -OCH3 is 1. The number of para-hydroxylation sites is 1. The lowest BCUT2D eigenvalue weighted by Gasteiger charge is -2.21. The molecule has 3 aromatic rings. The normalized spacial score (nSPS) is 11.1. The molecule has 0 saturated carbocycles. The minimum atomic E-state index is -0.476. The number of hydrogen-bond acceptors (Lipinski definition) is 7. The second kappa shape index (κ2) is 8.59. The van der Waals surface area contributed by atoms with E-state index in [1.807, 2.05) is 18.2 Å². The van der Waals surface area contributed by atoms with Crippen molar-refractivity contribution in [1.29, 1.82) is 0 Å². The number of hydrogen-bond donors (Lipinski definition) is 0. The second-order valence-corrected chi connectivity index (χ2v) is 6.07. The van der Waals surface area contributed by atoms with E-state index >= 15 is 0 Å². The number of benzene rings is 1. The van der Waals surface area contributed by atoms with Crippen LogP contribution in [0.2, 0.25) is 0 Å². The molecule has 0 aliphatic carbocycles. The largest absolute Gasteiger partial charge is 0.464 e. The van der Waals surface area contributed by atoms with Crippen LogP contribution in [0.1, 0.15) is 34.6 Å². The maximum atomic E-state index is 11.7. The van der Waals surface area contributed by atoms with E-state index in [9.17, 15) is 4.79 Å². The Bertz CT molecular complexity index is 889. The van der Waals surface area contributed by atoms with Crippen molar-refractivity contribution in [2.24, 2.45) is 0 Å². The third-order valence-corrected chi connectivity index (χ3v) is 4.33. The van der Waals surface area contributed by atoms with Gasteiger partial charge in [0.2, 0.25) is 0 Å². The highest BCUT2D eigenvalue weighted by atomic mass is 16.5. The SMILES string of the molecule is CCN(CCc1nc(C(=O)OC)c(C)o1)Cc1ccccc1-n1nccn1. The fourth-order valence-corrected chi connectivity index (χ4v) is 2.87. The lowest BCUT2D eigenvalue weighted by Crippen LogP contribution is -2.26. The van der Waals surface area contributed by atoms with Crippen LogP contribution in [0.25, 0.3) is 5.69 Å². The number of aryl methyl sites for hydroxylation is 1. The van der Waals surface area contributed by atoms with Crippen molar-refractivity contribution >= 4 is 5.97 Å². The van der Waals surface area contributed by atoms with Gasteiger partial charge in [-0.3, -0.25) is 4.90 Å². The summed E-state index contributed by atoms with van der Waals surface area (Å²) in [4.78, 5) is 19.8. The first-order valence-corrected chi connectivity index (χ1v) is 8.84. The van der Waals surface area contributed by atoms with Gasteiger partial charge >= 0.3 is 5.97 Å². The van der Waals surface area contributed by atoms with Crippen LogP contribution in [-0.4, -0.2) is 51.0 Å². The third kappa shape index (κ3) is 4.40. The van der Waals surface area contributed by atoms with Crippen molar-refractivity contribution in [1.82, 2.24) is 24.9 Å². The van der Waals surface area contributed by atoms with Crippen molar-refractivity contribution in [3.8, 4) is 5.69 Å². The summed E-state index contributed by atoms with van der Waals surface area (Å²) in [5.74, 6) is 0.541. The van der Waals surface area contributed by atoms with Gasteiger partial charge in [0.15, 0.2) is 11.6 Å². The predicted molar refractivity (Wildman–Crippen MR) is 98.6 cm³/mol. The molecule has 0 atom stereocenters. The number of nitrogens with zero attached hydrogens (tertiary/aromatic N) is 5. The summed E-state index contributed by atoms with van der Waals surface area (Å²) in [5.41, 5.74) is 2.33. The minimum absolute atomic E-state index is 0.241. The molecule has 0 radical (unpaired) electrons. The monoisotopic (exact) mass is 369 g/mol. The smallest absolute Gasteiger partial charge is 0.360 e. The molecule has 2 aromatic heterocycles. The van der Waals surface area contributed by atoms with Gasteiger partial charge in [-0.25, -0.2) is 9.78 Å². The predicted octanol–water partition coefficient (Wildman–Crippen LogP) is 2.41. The van der Waals surface area contributed by atoms with Crippen LogP contribution in [0.5, 0.6) is 0 Å². The molecule has 3 rings (SSSR count). The van der Waals surface area contributed by atoms with Gasteiger partial charge in [0.25, 0.3) is 0 Å². The van der Waals surface area contributed by atoms with E-state index in [0.29, 0.717) is 18.1 Å². The average molecular weight is 369 g/mol. The van der Waals surface area contributed by atoms with E-state index in [-0.39, 0.29) is 5.69 Å². The van der Waals surface area contributed by atoms with Crippen molar-refractivity contribution in [3.05, 3.63) is 59.6 Å². The van der Waals surface area contributed by atoms with Crippen molar-refractivity contribution in [2.75, 3.05) is 20.2 Å². The number of aromatic nitrogens is 4. The van der Waals surface area contributed by atoms with Gasteiger partial charge in [-0.2, -0.15) is 15.0 Å². The number of ether oxygens (including phenoxy) is 1. The zero-order valence-corrected chi connectivity index (χ0v) is 15.8. The molecule has 2 heterocycles. The molecule has 0 unspecified atom stereocenters. The lowest BCUT2D eigenvalue weighted by atomic mass is 10.1. The highest BCUT2D eigenvalue weighted by Gasteiger charge is 2.18. The Hall–Kier alpha value is -3.00. The van der Waals surface area contributed by atoms with Gasteiger partial charge in [-0.15, -0.1) is 0 Å². The van der Waals surface area contributed by atoms with Crippen LogP contribution >= 0.6 is 0 Å². The highest BCUT2D eigenvalue weighted by Crippen LogP contribution is 2.16. The number of carbonyl (C=O) groups is 1. The molecular weight excluding hydrogens is 346 g/mol. The molecule has 0 N–H and O–H groups in total. The third-order valence-electron chi connectivity index (χ3n) is 4.33. The molecule has 0 spiro atoms. The molecule has 1 aromatic carbocycles. The molecule has 0 fully saturated rings. The molecule has 0 amide bonds. The Morgan fingerprint density at radius 2 is 2.00 bits per heavy atom. The number of carbonyl (C=O) groups excluding carboxylic acids is 1. The van der Waals surface area contributed by atoms with E-state index < -0.39 is 5.97 Å². The first kappa shape index (κ1) is 18.8. The summed E-state index contributed by atoms with van der Waals surface area (Å²) in [6.07, 6.45) is 3.93. The molecule has 8 heteroatoms. The number of esters is 1. The van der Waals surface area contributed by atoms with Crippen molar-refractivity contribution < 1.29 is 13.9 Å². The van der Waals surface area contributed by atoms with E-state index in [2.05, 4.69) is 33.1 Å². The zero-order chi connectivity index (χ0) is 19.2. The van der Waals surface area contributed by atoms with Gasteiger partial charge in [0.1, 0.15) is 5.76 Å². The van der Waals surface area contributed by atoms with E-state index in [1.54, 1.807) is 24.1 Å². The summed E-state index contributed by atoms with van der Waals surface area (Å²) in [6, 6.07) is 8.06. The molecule has 8 nitrogen and oxygen atoms in total. The van der Waals surface area contributed by atoms with Gasteiger partial charge in [0, 0.05) is 19.5 Å². The van der Waals surface area contributed by atoms with Crippen LogP contribution in [-0.2, 0) is 17.7 Å². The molecule has 0 aliphatic heterocycles. The van der Waals surface area contributed by atoms with Crippen LogP contribution in [0, 0.1) is 6.92 Å². The van der Waals surface area contributed by atoms with E-state index in [4.69, 9.17) is 9.15 Å². The number of oxazole rings is 1. The second-order valence-electron chi connectivity index (χ2n) is 6.07. The summed E-state index contributed by atoms with van der Waals surface area (Å²) in [7, 11) is 1.33. The first-order valence-electron chi connectivity index (χ1n) is 8.84. The molecular formula is C19H23N5O3. The molecule has 0 bridgehead atoms. The van der Waals surface area contributed by atoms with Gasteiger partial charge in [-0.1, -0.05) is 25.1 Å².